The standard InChI is InChI=1S/C16H13BrO2/c1-19-16(18)15-8-3-2-6-13(15)10-9-12-5-4-7-14(17)11-12/h2-11H,1H3. The number of carbonyl (C=O) groups is 1. The summed E-state index contributed by atoms with van der Waals surface area (Å²) in [6.07, 6.45) is 3.88. The molecule has 0 amide bonds. The lowest BCUT2D eigenvalue weighted by Crippen LogP contribution is -2.02. The third-order valence-electron chi connectivity index (χ3n) is 2.67. The lowest BCUT2D eigenvalue weighted by molar-refractivity contribution is 0.0600. The van der Waals surface area contributed by atoms with Gasteiger partial charge in [0.1, 0.15) is 0 Å². The van der Waals surface area contributed by atoms with Gasteiger partial charge in [0.15, 0.2) is 0 Å². The Morgan fingerprint density at radius 3 is 2.63 bits per heavy atom. The summed E-state index contributed by atoms with van der Waals surface area (Å²) in [5.41, 5.74) is 2.47. The van der Waals surface area contributed by atoms with E-state index in [1.54, 1.807) is 6.07 Å². The van der Waals surface area contributed by atoms with E-state index in [4.69, 9.17) is 4.74 Å². The largest absolute Gasteiger partial charge is 0.465 e. The Balaban J connectivity index is 2.31. The Bertz CT molecular complexity index is 618. The minimum absolute atomic E-state index is 0.325. The molecular weight excluding hydrogens is 304 g/mol. The molecule has 0 radical (unpaired) electrons. The highest BCUT2D eigenvalue weighted by atomic mass is 79.9. The van der Waals surface area contributed by atoms with E-state index in [9.17, 15) is 4.79 Å². The lowest BCUT2D eigenvalue weighted by atomic mass is 10.1. The summed E-state index contributed by atoms with van der Waals surface area (Å²) in [4.78, 5) is 11.6. The summed E-state index contributed by atoms with van der Waals surface area (Å²) in [5.74, 6) is -0.325. The number of halogens is 1. The van der Waals surface area contributed by atoms with E-state index in [0.29, 0.717) is 5.56 Å². The predicted molar refractivity (Wildman–Crippen MR) is 80.9 cm³/mol. The average molecular weight is 317 g/mol. The third-order valence-corrected chi connectivity index (χ3v) is 3.16. The molecule has 0 spiro atoms. The molecule has 2 rings (SSSR count). The monoisotopic (exact) mass is 316 g/mol. The van der Waals surface area contributed by atoms with Crippen molar-refractivity contribution in [2.45, 2.75) is 0 Å². The first kappa shape index (κ1) is 13.6. The Morgan fingerprint density at radius 1 is 1.11 bits per heavy atom. The summed E-state index contributed by atoms with van der Waals surface area (Å²) in [5, 5.41) is 0. The van der Waals surface area contributed by atoms with Crippen LogP contribution >= 0.6 is 15.9 Å². The number of methoxy groups -OCH3 is 1. The number of esters is 1. The molecule has 96 valence electrons. The van der Waals surface area contributed by atoms with E-state index in [-0.39, 0.29) is 5.97 Å². The van der Waals surface area contributed by atoms with Gasteiger partial charge in [0.25, 0.3) is 0 Å². The molecule has 0 aromatic heterocycles. The maximum atomic E-state index is 11.6. The molecule has 0 N–H and O–H groups in total. The van der Waals surface area contributed by atoms with Gasteiger partial charge < -0.3 is 4.74 Å². The van der Waals surface area contributed by atoms with Crippen molar-refractivity contribution < 1.29 is 9.53 Å². The zero-order valence-electron chi connectivity index (χ0n) is 10.5. The first-order chi connectivity index (χ1) is 9.20. The Labute approximate surface area is 120 Å². The fourth-order valence-corrected chi connectivity index (χ4v) is 2.15. The van der Waals surface area contributed by atoms with E-state index < -0.39 is 0 Å². The first-order valence-electron chi connectivity index (χ1n) is 5.81. The number of ether oxygens (including phenoxy) is 1. The van der Waals surface area contributed by atoms with Crippen molar-refractivity contribution in [1.29, 1.82) is 0 Å². The highest BCUT2D eigenvalue weighted by Crippen LogP contribution is 2.16. The minimum Gasteiger partial charge on any atom is -0.465 e. The van der Waals surface area contributed by atoms with Crippen molar-refractivity contribution in [1.82, 2.24) is 0 Å². The van der Waals surface area contributed by atoms with Crippen LogP contribution in [-0.2, 0) is 4.74 Å². The molecule has 19 heavy (non-hydrogen) atoms. The Hall–Kier alpha value is -1.87. The molecule has 0 fully saturated rings. The van der Waals surface area contributed by atoms with Crippen LogP contribution in [0.1, 0.15) is 21.5 Å². The van der Waals surface area contributed by atoms with Crippen molar-refractivity contribution >= 4 is 34.1 Å². The van der Waals surface area contributed by atoms with Crippen LogP contribution in [0.25, 0.3) is 12.2 Å². The molecule has 0 aliphatic rings. The quantitative estimate of drug-likeness (QED) is 0.619. The van der Waals surface area contributed by atoms with Crippen LogP contribution in [0.4, 0.5) is 0 Å². The summed E-state index contributed by atoms with van der Waals surface area (Å²) in [7, 11) is 1.39. The second-order valence-electron chi connectivity index (χ2n) is 3.97. The van der Waals surface area contributed by atoms with E-state index in [1.807, 2.05) is 54.6 Å². The molecule has 0 aliphatic carbocycles. The van der Waals surface area contributed by atoms with Crippen LogP contribution in [0.5, 0.6) is 0 Å². The SMILES string of the molecule is COC(=O)c1ccccc1C=Cc1cccc(Br)c1. The molecule has 0 saturated carbocycles. The van der Waals surface area contributed by atoms with Crippen LogP contribution in [0, 0.1) is 0 Å². The Kier molecular flexibility index (Phi) is 4.53. The topological polar surface area (TPSA) is 26.3 Å². The van der Waals surface area contributed by atoms with Crippen molar-refractivity contribution in [2.24, 2.45) is 0 Å². The van der Waals surface area contributed by atoms with Gasteiger partial charge in [-0.2, -0.15) is 0 Å². The minimum atomic E-state index is -0.325. The maximum absolute atomic E-state index is 11.6. The summed E-state index contributed by atoms with van der Waals surface area (Å²) in [6.45, 7) is 0. The Morgan fingerprint density at radius 2 is 1.89 bits per heavy atom. The van der Waals surface area contributed by atoms with E-state index in [2.05, 4.69) is 15.9 Å². The van der Waals surface area contributed by atoms with Crippen molar-refractivity contribution in [3.05, 3.63) is 69.7 Å². The molecule has 3 heteroatoms. The molecule has 2 aromatic rings. The van der Waals surface area contributed by atoms with E-state index in [0.717, 1.165) is 15.6 Å². The number of hydrogen-bond donors (Lipinski definition) is 0. The van der Waals surface area contributed by atoms with Gasteiger partial charge in [-0.1, -0.05) is 58.4 Å². The lowest BCUT2D eigenvalue weighted by Gasteiger charge is -2.03. The summed E-state index contributed by atoms with van der Waals surface area (Å²) < 4.78 is 5.79. The van der Waals surface area contributed by atoms with Gasteiger partial charge >= 0.3 is 5.97 Å². The second-order valence-corrected chi connectivity index (χ2v) is 4.88. The number of rotatable bonds is 3. The fourth-order valence-electron chi connectivity index (χ4n) is 1.73. The first-order valence-corrected chi connectivity index (χ1v) is 6.61. The van der Waals surface area contributed by atoms with Crippen molar-refractivity contribution in [3.8, 4) is 0 Å². The molecule has 0 aliphatic heterocycles. The molecule has 0 saturated heterocycles. The smallest absolute Gasteiger partial charge is 0.338 e. The molecule has 2 aromatic carbocycles. The van der Waals surface area contributed by atoms with Gasteiger partial charge in [0.2, 0.25) is 0 Å². The van der Waals surface area contributed by atoms with E-state index in [1.165, 1.54) is 7.11 Å². The van der Waals surface area contributed by atoms with Gasteiger partial charge in [0.05, 0.1) is 12.7 Å². The van der Waals surface area contributed by atoms with Crippen LogP contribution in [0.15, 0.2) is 53.0 Å². The molecule has 2 nitrogen and oxygen atoms in total. The normalized spacial score (nSPS) is 10.6. The molecule has 0 heterocycles. The van der Waals surface area contributed by atoms with Gasteiger partial charge in [-0.05, 0) is 29.3 Å². The van der Waals surface area contributed by atoms with Gasteiger partial charge in [0, 0.05) is 4.47 Å². The fraction of sp³-hybridized carbons (Fsp3) is 0.0625. The molecular formula is C16H13BrO2. The van der Waals surface area contributed by atoms with Crippen molar-refractivity contribution in [2.75, 3.05) is 7.11 Å². The predicted octanol–water partition coefficient (Wildman–Crippen LogP) is 4.41. The molecule has 0 atom stereocenters. The number of hydrogen-bond acceptors (Lipinski definition) is 2. The van der Waals surface area contributed by atoms with Crippen LogP contribution in [0.3, 0.4) is 0 Å². The zero-order chi connectivity index (χ0) is 13.7. The van der Waals surface area contributed by atoms with Crippen molar-refractivity contribution in [3.63, 3.8) is 0 Å². The van der Waals surface area contributed by atoms with Gasteiger partial charge in [-0.25, -0.2) is 4.79 Å². The highest BCUT2D eigenvalue weighted by molar-refractivity contribution is 9.10. The van der Waals surface area contributed by atoms with Gasteiger partial charge in [-0.3, -0.25) is 0 Å². The zero-order valence-corrected chi connectivity index (χ0v) is 12.1. The summed E-state index contributed by atoms with van der Waals surface area (Å²) in [6, 6.07) is 15.3. The highest BCUT2D eigenvalue weighted by Gasteiger charge is 2.08. The maximum Gasteiger partial charge on any atom is 0.338 e. The number of benzene rings is 2. The summed E-state index contributed by atoms with van der Waals surface area (Å²) >= 11 is 3.43. The van der Waals surface area contributed by atoms with Gasteiger partial charge in [-0.15, -0.1) is 0 Å². The van der Waals surface area contributed by atoms with Crippen LogP contribution in [-0.4, -0.2) is 13.1 Å². The van der Waals surface area contributed by atoms with Crippen LogP contribution < -0.4 is 0 Å². The average Bonchev–Trinajstić information content (AvgIpc) is 2.45. The van der Waals surface area contributed by atoms with Crippen LogP contribution in [0.2, 0.25) is 0 Å². The van der Waals surface area contributed by atoms with E-state index >= 15 is 0 Å². The second kappa shape index (κ2) is 6.34. The number of carbonyl (C=O) groups excluding carboxylic acids is 1. The third kappa shape index (κ3) is 3.55. The molecule has 0 unspecified atom stereocenters. The molecule has 0 bridgehead atoms.